The molecule has 2 aromatic carbocycles. The molecule has 0 spiro atoms. The second-order valence-corrected chi connectivity index (χ2v) is 6.54. The molecule has 2 aliphatic heterocycles. The molecule has 1 saturated heterocycles. The SMILES string of the molecule is O=C(Nc1ccc2c(c1)OCCO2)NC(c1ccc(F)cc1)C1CCCO1. The summed E-state index contributed by atoms with van der Waals surface area (Å²) in [5.41, 5.74) is 1.41. The van der Waals surface area contributed by atoms with E-state index < -0.39 is 0 Å². The van der Waals surface area contributed by atoms with E-state index in [0.717, 1.165) is 18.4 Å². The van der Waals surface area contributed by atoms with Gasteiger partial charge in [0.1, 0.15) is 19.0 Å². The quantitative estimate of drug-likeness (QED) is 0.860. The summed E-state index contributed by atoms with van der Waals surface area (Å²) >= 11 is 0. The van der Waals surface area contributed by atoms with E-state index in [4.69, 9.17) is 14.2 Å². The zero-order valence-corrected chi connectivity index (χ0v) is 14.7. The molecule has 2 aliphatic rings. The Hall–Kier alpha value is -2.80. The number of amides is 2. The summed E-state index contributed by atoms with van der Waals surface area (Å²) in [6.07, 6.45) is 1.64. The normalized spacial score (nSPS) is 19.4. The van der Waals surface area contributed by atoms with Crippen LogP contribution >= 0.6 is 0 Å². The number of rotatable bonds is 4. The largest absolute Gasteiger partial charge is 0.486 e. The number of hydrogen-bond donors (Lipinski definition) is 2. The van der Waals surface area contributed by atoms with Crippen LogP contribution in [0.1, 0.15) is 24.4 Å². The van der Waals surface area contributed by atoms with Gasteiger partial charge in [0.05, 0.1) is 12.1 Å². The maximum absolute atomic E-state index is 13.3. The summed E-state index contributed by atoms with van der Waals surface area (Å²) < 4.78 is 30.0. The summed E-state index contributed by atoms with van der Waals surface area (Å²) in [7, 11) is 0. The van der Waals surface area contributed by atoms with Crippen LogP contribution in [0, 0.1) is 5.82 Å². The fourth-order valence-electron chi connectivity index (χ4n) is 3.36. The molecule has 0 radical (unpaired) electrons. The molecule has 142 valence electrons. The molecule has 0 saturated carbocycles. The Bertz CT molecular complexity index is 806. The molecule has 2 aromatic rings. The lowest BCUT2D eigenvalue weighted by atomic mass is 9.99. The van der Waals surface area contributed by atoms with Gasteiger partial charge in [-0.15, -0.1) is 0 Å². The lowest BCUT2D eigenvalue weighted by Gasteiger charge is -2.25. The predicted octanol–water partition coefficient (Wildman–Crippen LogP) is 3.64. The number of fused-ring (bicyclic) bond motifs is 1. The Balaban J connectivity index is 1.47. The van der Waals surface area contributed by atoms with Crippen molar-refractivity contribution >= 4 is 11.7 Å². The molecule has 2 atom stereocenters. The third-order valence-corrected chi connectivity index (χ3v) is 4.65. The van der Waals surface area contributed by atoms with Crippen molar-refractivity contribution in [2.24, 2.45) is 0 Å². The van der Waals surface area contributed by atoms with Crippen LogP contribution in [-0.2, 0) is 4.74 Å². The number of carbonyl (C=O) groups is 1. The second kappa shape index (κ2) is 7.84. The van der Waals surface area contributed by atoms with Gasteiger partial charge in [-0.3, -0.25) is 0 Å². The van der Waals surface area contributed by atoms with E-state index in [-0.39, 0.29) is 24.0 Å². The highest BCUT2D eigenvalue weighted by molar-refractivity contribution is 5.90. The van der Waals surface area contributed by atoms with Crippen LogP contribution < -0.4 is 20.1 Å². The van der Waals surface area contributed by atoms with Crippen molar-refractivity contribution in [3.05, 3.63) is 53.8 Å². The zero-order valence-electron chi connectivity index (χ0n) is 14.7. The van der Waals surface area contributed by atoms with Crippen LogP contribution in [0.3, 0.4) is 0 Å². The summed E-state index contributed by atoms with van der Waals surface area (Å²) in [4.78, 5) is 12.6. The maximum Gasteiger partial charge on any atom is 0.319 e. The van der Waals surface area contributed by atoms with E-state index in [1.165, 1.54) is 12.1 Å². The number of anilines is 1. The molecule has 27 heavy (non-hydrogen) atoms. The van der Waals surface area contributed by atoms with E-state index in [2.05, 4.69) is 10.6 Å². The third-order valence-electron chi connectivity index (χ3n) is 4.65. The fourth-order valence-corrected chi connectivity index (χ4v) is 3.36. The van der Waals surface area contributed by atoms with Gasteiger partial charge in [0.2, 0.25) is 0 Å². The van der Waals surface area contributed by atoms with Gasteiger partial charge in [0.15, 0.2) is 11.5 Å². The molecule has 2 heterocycles. The standard InChI is InChI=1S/C20H21FN2O4/c21-14-5-3-13(4-6-14)19(17-2-1-9-25-17)23-20(24)22-15-7-8-16-18(12-15)27-11-10-26-16/h3-8,12,17,19H,1-2,9-11H2,(H2,22,23,24). The predicted molar refractivity (Wildman–Crippen MR) is 97.7 cm³/mol. The maximum atomic E-state index is 13.3. The molecule has 0 aromatic heterocycles. The van der Waals surface area contributed by atoms with Crippen LogP contribution in [0.25, 0.3) is 0 Å². The third kappa shape index (κ3) is 4.14. The zero-order chi connectivity index (χ0) is 18.6. The van der Waals surface area contributed by atoms with Gasteiger partial charge < -0.3 is 24.8 Å². The van der Waals surface area contributed by atoms with E-state index in [1.807, 2.05) is 0 Å². The highest BCUT2D eigenvalue weighted by Crippen LogP contribution is 2.33. The molecular weight excluding hydrogens is 351 g/mol. The first-order valence-electron chi connectivity index (χ1n) is 9.03. The van der Waals surface area contributed by atoms with Crippen molar-refractivity contribution in [2.45, 2.75) is 25.0 Å². The first-order valence-corrected chi connectivity index (χ1v) is 9.03. The number of urea groups is 1. The minimum Gasteiger partial charge on any atom is -0.486 e. The summed E-state index contributed by atoms with van der Waals surface area (Å²) in [5.74, 6) is 0.953. The van der Waals surface area contributed by atoms with E-state index >= 15 is 0 Å². The Kier molecular flexibility index (Phi) is 5.11. The number of ether oxygens (including phenoxy) is 3. The molecule has 7 heteroatoms. The first-order chi connectivity index (χ1) is 13.2. The molecular formula is C20H21FN2O4. The van der Waals surface area contributed by atoms with Crippen molar-refractivity contribution in [1.82, 2.24) is 5.32 Å². The van der Waals surface area contributed by atoms with Crippen molar-refractivity contribution in [2.75, 3.05) is 25.1 Å². The summed E-state index contributed by atoms with van der Waals surface area (Å²) in [5, 5.41) is 5.77. The van der Waals surface area contributed by atoms with Crippen molar-refractivity contribution < 1.29 is 23.4 Å². The lowest BCUT2D eigenvalue weighted by molar-refractivity contribution is 0.0815. The fraction of sp³-hybridized carbons (Fsp3) is 0.350. The average Bonchev–Trinajstić information content (AvgIpc) is 3.21. The van der Waals surface area contributed by atoms with Gasteiger partial charge in [-0.2, -0.15) is 0 Å². The van der Waals surface area contributed by atoms with Gasteiger partial charge in [-0.1, -0.05) is 12.1 Å². The Labute approximate surface area is 156 Å². The smallest absolute Gasteiger partial charge is 0.319 e. The van der Waals surface area contributed by atoms with Gasteiger partial charge >= 0.3 is 6.03 Å². The monoisotopic (exact) mass is 372 g/mol. The van der Waals surface area contributed by atoms with Gasteiger partial charge in [-0.05, 0) is 42.7 Å². The van der Waals surface area contributed by atoms with Crippen LogP contribution in [0.5, 0.6) is 11.5 Å². The highest BCUT2D eigenvalue weighted by Gasteiger charge is 2.29. The van der Waals surface area contributed by atoms with Gasteiger partial charge in [0.25, 0.3) is 0 Å². The number of nitrogens with one attached hydrogen (secondary N) is 2. The van der Waals surface area contributed by atoms with Crippen molar-refractivity contribution in [1.29, 1.82) is 0 Å². The molecule has 0 aliphatic carbocycles. The van der Waals surface area contributed by atoms with Crippen LogP contribution in [0.15, 0.2) is 42.5 Å². The van der Waals surface area contributed by atoms with Crippen LogP contribution in [0.2, 0.25) is 0 Å². The molecule has 2 N–H and O–H groups in total. The Morgan fingerprint density at radius 3 is 2.56 bits per heavy atom. The minimum atomic E-state index is -0.364. The number of halogens is 1. The van der Waals surface area contributed by atoms with Crippen molar-refractivity contribution in [3.8, 4) is 11.5 Å². The summed E-state index contributed by atoms with van der Waals surface area (Å²) in [6, 6.07) is 10.6. The Morgan fingerprint density at radius 2 is 1.81 bits per heavy atom. The molecule has 0 bridgehead atoms. The highest BCUT2D eigenvalue weighted by atomic mass is 19.1. The topological polar surface area (TPSA) is 68.8 Å². The molecule has 2 amide bonds. The Morgan fingerprint density at radius 1 is 1.04 bits per heavy atom. The van der Waals surface area contributed by atoms with Crippen LogP contribution in [0.4, 0.5) is 14.9 Å². The lowest BCUT2D eigenvalue weighted by Crippen LogP contribution is -2.38. The van der Waals surface area contributed by atoms with Gasteiger partial charge in [-0.25, -0.2) is 9.18 Å². The van der Waals surface area contributed by atoms with E-state index in [9.17, 15) is 9.18 Å². The second-order valence-electron chi connectivity index (χ2n) is 6.54. The molecule has 6 nitrogen and oxygen atoms in total. The van der Waals surface area contributed by atoms with E-state index in [0.29, 0.717) is 37.0 Å². The van der Waals surface area contributed by atoms with Crippen molar-refractivity contribution in [3.63, 3.8) is 0 Å². The van der Waals surface area contributed by atoms with Gasteiger partial charge in [0, 0.05) is 18.4 Å². The minimum absolute atomic E-state index is 0.138. The summed E-state index contributed by atoms with van der Waals surface area (Å²) in [6.45, 7) is 1.66. The first kappa shape index (κ1) is 17.6. The van der Waals surface area contributed by atoms with E-state index in [1.54, 1.807) is 30.3 Å². The molecule has 4 rings (SSSR count). The molecule has 1 fully saturated rings. The van der Waals surface area contributed by atoms with Crippen LogP contribution in [-0.4, -0.2) is 32.0 Å². The average molecular weight is 372 g/mol. The number of hydrogen-bond acceptors (Lipinski definition) is 4. The molecule has 2 unspecified atom stereocenters. The number of carbonyl (C=O) groups excluding carboxylic acids is 1. The number of benzene rings is 2.